The number of methoxy groups -OCH3 is 1. The Kier molecular flexibility index (Phi) is 4.90. The van der Waals surface area contributed by atoms with Crippen LogP contribution in [0.15, 0.2) is 47.4 Å². The van der Waals surface area contributed by atoms with E-state index in [1.165, 1.54) is 26.3 Å². The van der Waals surface area contributed by atoms with Crippen molar-refractivity contribution in [2.45, 2.75) is 11.8 Å². The van der Waals surface area contributed by atoms with Gasteiger partial charge in [0.15, 0.2) is 0 Å². The molecular formula is C16H18N2O4S. The molecule has 0 radical (unpaired) electrons. The molecule has 0 saturated carbocycles. The van der Waals surface area contributed by atoms with Gasteiger partial charge in [-0.05, 0) is 36.8 Å². The van der Waals surface area contributed by atoms with E-state index in [4.69, 9.17) is 4.74 Å². The van der Waals surface area contributed by atoms with Crippen molar-refractivity contribution in [1.82, 2.24) is 5.32 Å². The molecule has 6 nitrogen and oxygen atoms in total. The Morgan fingerprint density at radius 3 is 2.48 bits per heavy atom. The number of aryl methyl sites for hydroxylation is 1. The Labute approximate surface area is 135 Å². The first-order valence-electron chi connectivity index (χ1n) is 6.87. The van der Waals surface area contributed by atoms with Gasteiger partial charge in [-0.1, -0.05) is 18.2 Å². The molecular weight excluding hydrogens is 316 g/mol. The Hall–Kier alpha value is -2.54. The van der Waals surface area contributed by atoms with E-state index in [0.717, 1.165) is 0 Å². The summed E-state index contributed by atoms with van der Waals surface area (Å²) in [6.45, 7) is 1.74. The summed E-state index contributed by atoms with van der Waals surface area (Å²) in [6, 6.07) is 11.1. The summed E-state index contributed by atoms with van der Waals surface area (Å²) in [6.07, 6.45) is 0. The zero-order chi connectivity index (χ0) is 17.0. The average molecular weight is 334 g/mol. The zero-order valence-corrected chi connectivity index (χ0v) is 13.9. The standard InChI is InChI=1S/C16H18N2O4S/c1-11-8-9-12(10-13(11)16(19)17-2)23(20,21)18-14-6-4-5-7-15(14)22-3/h4-10,18H,1-3H3,(H,17,19). The second-order valence-corrected chi connectivity index (χ2v) is 6.54. The van der Waals surface area contributed by atoms with Gasteiger partial charge < -0.3 is 10.1 Å². The van der Waals surface area contributed by atoms with Crippen LogP contribution in [0, 0.1) is 6.92 Å². The van der Waals surface area contributed by atoms with E-state index in [-0.39, 0.29) is 10.8 Å². The smallest absolute Gasteiger partial charge is 0.262 e. The van der Waals surface area contributed by atoms with Crippen molar-refractivity contribution in [3.8, 4) is 5.75 Å². The SMILES string of the molecule is CNC(=O)c1cc(S(=O)(=O)Nc2ccccc2OC)ccc1C. The molecule has 2 N–H and O–H groups in total. The number of hydrogen-bond acceptors (Lipinski definition) is 4. The molecule has 0 aliphatic carbocycles. The maximum atomic E-state index is 12.5. The van der Waals surface area contributed by atoms with Crippen LogP contribution in [0.3, 0.4) is 0 Å². The van der Waals surface area contributed by atoms with E-state index in [1.807, 2.05) is 0 Å². The quantitative estimate of drug-likeness (QED) is 0.877. The Bertz CT molecular complexity index is 832. The van der Waals surface area contributed by atoms with E-state index in [9.17, 15) is 13.2 Å². The predicted octanol–water partition coefficient (Wildman–Crippen LogP) is 2.16. The third-order valence-corrected chi connectivity index (χ3v) is 4.71. The molecule has 122 valence electrons. The van der Waals surface area contributed by atoms with E-state index in [2.05, 4.69) is 10.0 Å². The normalized spacial score (nSPS) is 10.9. The Morgan fingerprint density at radius 1 is 1.13 bits per heavy atom. The van der Waals surface area contributed by atoms with Gasteiger partial charge >= 0.3 is 0 Å². The lowest BCUT2D eigenvalue weighted by atomic mass is 10.1. The highest BCUT2D eigenvalue weighted by Crippen LogP contribution is 2.26. The number of hydrogen-bond donors (Lipinski definition) is 2. The molecule has 0 bridgehead atoms. The van der Waals surface area contributed by atoms with Crippen LogP contribution in [0.25, 0.3) is 0 Å². The van der Waals surface area contributed by atoms with Crippen LogP contribution in [-0.4, -0.2) is 28.5 Å². The molecule has 2 rings (SSSR count). The molecule has 0 atom stereocenters. The highest BCUT2D eigenvalue weighted by molar-refractivity contribution is 7.92. The van der Waals surface area contributed by atoms with Crippen molar-refractivity contribution in [2.24, 2.45) is 0 Å². The lowest BCUT2D eigenvalue weighted by Gasteiger charge is -2.13. The summed E-state index contributed by atoms with van der Waals surface area (Å²) in [5.74, 6) is 0.0755. The second-order valence-electron chi connectivity index (χ2n) is 4.86. The Balaban J connectivity index is 2.42. The largest absolute Gasteiger partial charge is 0.495 e. The second kappa shape index (κ2) is 6.70. The summed E-state index contributed by atoms with van der Waals surface area (Å²) < 4.78 is 32.7. The van der Waals surface area contributed by atoms with Gasteiger partial charge in [-0.15, -0.1) is 0 Å². The fourth-order valence-corrected chi connectivity index (χ4v) is 3.18. The van der Waals surface area contributed by atoms with Crippen molar-refractivity contribution in [3.63, 3.8) is 0 Å². The van der Waals surface area contributed by atoms with Crippen LogP contribution in [-0.2, 0) is 10.0 Å². The number of anilines is 1. The number of ether oxygens (including phenoxy) is 1. The first-order valence-corrected chi connectivity index (χ1v) is 8.36. The third kappa shape index (κ3) is 3.62. The first-order chi connectivity index (χ1) is 10.9. The number of amides is 1. The van der Waals surface area contributed by atoms with Crippen molar-refractivity contribution < 1.29 is 17.9 Å². The molecule has 0 unspecified atom stereocenters. The van der Waals surface area contributed by atoms with Gasteiger partial charge in [0, 0.05) is 12.6 Å². The van der Waals surface area contributed by atoms with Crippen LogP contribution in [0.4, 0.5) is 5.69 Å². The summed E-state index contributed by atoms with van der Waals surface area (Å²) in [5.41, 5.74) is 1.34. The van der Waals surface area contributed by atoms with Gasteiger partial charge in [-0.3, -0.25) is 9.52 Å². The lowest BCUT2D eigenvalue weighted by Crippen LogP contribution is -2.20. The topological polar surface area (TPSA) is 84.5 Å². The van der Waals surface area contributed by atoms with E-state index in [0.29, 0.717) is 22.6 Å². The van der Waals surface area contributed by atoms with Gasteiger partial charge in [0.2, 0.25) is 0 Å². The molecule has 23 heavy (non-hydrogen) atoms. The number of benzene rings is 2. The predicted molar refractivity (Wildman–Crippen MR) is 88.4 cm³/mol. The number of para-hydroxylation sites is 2. The summed E-state index contributed by atoms with van der Waals surface area (Å²) >= 11 is 0. The van der Waals surface area contributed by atoms with Crippen molar-refractivity contribution >= 4 is 21.6 Å². The van der Waals surface area contributed by atoms with Gasteiger partial charge in [0.25, 0.3) is 15.9 Å². The summed E-state index contributed by atoms with van der Waals surface area (Å²) in [5, 5.41) is 2.49. The monoisotopic (exact) mass is 334 g/mol. The van der Waals surface area contributed by atoms with Crippen molar-refractivity contribution in [2.75, 3.05) is 18.9 Å². The minimum Gasteiger partial charge on any atom is -0.495 e. The van der Waals surface area contributed by atoms with Gasteiger partial charge in [-0.2, -0.15) is 0 Å². The van der Waals surface area contributed by atoms with Crippen molar-refractivity contribution in [1.29, 1.82) is 0 Å². The van der Waals surface area contributed by atoms with Crippen LogP contribution in [0.5, 0.6) is 5.75 Å². The summed E-state index contributed by atoms with van der Waals surface area (Å²) in [4.78, 5) is 11.8. The highest BCUT2D eigenvalue weighted by Gasteiger charge is 2.19. The summed E-state index contributed by atoms with van der Waals surface area (Å²) in [7, 11) is -0.880. The van der Waals surface area contributed by atoms with E-state index < -0.39 is 10.0 Å². The van der Waals surface area contributed by atoms with Crippen LogP contribution >= 0.6 is 0 Å². The maximum absolute atomic E-state index is 12.5. The lowest BCUT2D eigenvalue weighted by molar-refractivity contribution is 0.0962. The van der Waals surface area contributed by atoms with Crippen LogP contribution in [0.1, 0.15) is 15.9 Å². The van der Waals surface area contributed by atoms with Crippen LogP contribution < -0.4 is 14.8 Å². The molecule has 0 aromatic heterocycles. The fourth-order valence-electron chi connectivity index (χ4n) is 2.08. The Morgan fingerprint density at radius 2 is 1.83 bits per heavy atom. The van der Waals surface area contributed by atoms with Crippen LogP contribution in [0.2, 0.25) is 0 Å². The van der Waals surface area contributed by atoms with E-state index >= 15 is 0 Å². The van der Waals surface area contributed by atoms with E-state index in [1.54, 1.807) is 37.3 Å². The molecule has 1 amide bonds. The number of carbonyl (C=O) groups is 1. The molecule has 2 aromatic carbocycles. The maximum Gasteiger partial charge on any atom is 0.262 e. The number of sulfonamides is 1. The third-order valence-electron chi connectivity index (χ3n) is 3.34. The van der Waals surface area contributed by atoms with Crippen molar-refractivity contribution in [3.05, 3.63) is 53.6 Å². The minimum atomic E-state index is -3.84. The molecule has 2 aromatic rings. The molecule has 0 aliphatic rings. The van der Waals surface area contributed by atoms with Gasteiger partial charge in [-0.25, -0.2) is 8.42 Å². The molecule has 7 heteroatoms. The minimum absolute atomic E-state index is 0.00704. The highest BCUT2D eigenvalue weighted by atomic mass is 32.2. The number of nitrogens with one attached hydrogen (secondary N) is 2. The number of carbonyl (C=O) groups excluding carboxylic acids is 1. The molecule has 0 spiro atoms. The first kappa shape index (κ1) is 16.8. The molecule has 0 saturated heterocycles. The zero-order valence-electron chi connectivity index (χ0n) is 13.1. The molecule has 0 aliphatic heterocycles. The fraction of sp³-hybridized carbons (Fsp3) is 0.188. The number of rotatable bonds is 5. The van der Waals surface area contributed by atoms with Gasteiger partial charge in [0.05, 0.1) is 17.7 Å². The average Bonchev–Trinajstić information content (AvgIpc) is 2.54. The molecule has 0 fully saturated rings. The van der Waals surface area contributed by atoms with Gasteiger partial charge in [0.1, 0.15) is 5.75 Å². The molecule has 0 heterocycles.